The monoisotopic (exact) mass is 285 g/mol. The first-order chi connectivity index (χ1) is 8.06. The van der Waals surface area contributed by atoms with Crippen LogP contribution in [0.2, 0.25) is 0 Å². The summed E-state index contributed by atoms with van der Waals surface area (Å²) in [6.07, 6.45) is 4.23. The van der Waals surface area contributed by atoms with Gasteiger partial charge in [0.15, 0.2) is 0 Å². The molecule has 7 heteroatoms. The first-order valence-corrected chi connectivity index (χ1v) is 5.71. The number of rotatable bonds is 9. The van der Waals surface area contributed by atoms with Gasteiger partial charge in [-0.3, -0.25) is 14.4 Å². The molecule has 18 heavy (non-hydrogen) atoms. The van der Waals surface area contributed by atoms with Gasteiger partial charge in [0.05, 0.1) is 6.54 Å². The average molecular weight is 285 g/mol. The maximum absolute atomic E-state index is 11.0. The maximum Gasteiger partial charge on any atom is 1.00 e. The molecule has 0 aromatic carbocycles. The molecule has 0 radical (unpaired) electrons. The number of unbranched alkanes of at least 4 members (excludes halogenated alkanes) is 4. The van der Waals surface area contributed by atoms with E-state index < -0.39 is 17.9 Å². The summed E-state index contributed by atoms with van der Waals surface area (Å²) in [5, 5.41) is 8.39. The summed E-state index contributed by atoms with van der Waals surface area (Å²) >= 11 is 0. The fourth-order valence-corrected chi connectivity index (χ4v) is 1.30. The van der Waals surface area contributed by atoms with Crippen LogP contribution in [0.3, 0.4) is 0 Å². The second kappa shape index (κ2) is 13.6. The molecule has 0 aromatic heterocycles. The van der Waals surface area contributed by atoms with Crippen LogP contribution in [0.5, 0.6) is 0 Å². The minimum atomic E-state index is -0.783. The third kappa shape index (κ3) is 14.3. The number of ether oxygens (including phenoxy) is 1. The number of carboxylic acid groups (broad SMARTS) is 1. The van der Waals surface area contributed by atoms with E-state index in [9.17, 15) is 14.4 Å². The molecule has 0 aliphatic rings. The molecular weight excluding hydrogens is 265 g/mol. The Morgan fingerprint density at radius 1 is 0.944 bits per heavy atom. The Morgan fingerprint density at radius 2 is 1.44 bits per heavy atom. The van der Waals surface area contributed by atoms with Gasteiger partial charge < -0.3 is 17.0 Å². The van der Waals surface area contributed by atoms with Crippen molar-refractivity contribution < 1.29 is 77.0 Å². The van der Waals surface area contributed by atoms with Crippen molar-refractivity contribution in [3.8, 4) is 0 Å². The Hall–Kier alpha value is 0.206. The molecule has 0 aromatic rings. The van der Waals surface area contributed by atoms with Crippen molar-refractivity contribution in [2.45, 2.75) is 44.9 Å². The SMILES string of the molecule is NCC(=O)OC(=O)CCCCCCCC(=O)O.[H-].[K+]. The summed E-state index contributed by atoms with van der Waals surface area (Å²) in [5.41, 5.74) is 4.98. The molecule has 0 atom stereocenters. The topological polar surface area (TPSA) is 107 Å². The van der Waals surface area contributed by atoms with Crippen LogP contribution in [0.1, 0.15) is 46.4 Å². The molecule has 0 aliphatic heterocycles. The largest absolute Gasteiger partial charge is 1.00 e. The number of nitrogens with two attached hydrogens (primary N) is 1. The zero-order valence-corrected chi connectivity index (χ0v) is 13.9. The Labute approximate surface area is 151 Å². The van der Waals surface area contributed by atoms with E-state index in [1.165, 1.54) is 0 Å². The number of carboxylic acids is 1. The molecule has 0 spiro atoms. The van der Waals surface area contributed by atoms with Crippen molar-refractivity contribution in [1.29, 1.82) is 0 Å². The van der Waals surface area contributed by atoms with Gasteiger partial charge in [-0.15, -0.1) is 0 Å². The number of hydrogen-bond donors (Lipinski definition) is 2. The molecule has 0 saturated heterocycles. The van der Waals surface area contributed by atoms with E-state index in [0.717, 1.165) is 19.3 Å². The van der Waals surface area contributed by atoms with Gasteiger partial charge in [-0.1, -0.05) is 19.3 Å². The zero-order chi connectivity index (χ0) is 13.1. The molecule has 3 N–H and O–H groups in total. The van der Waals surface area contributed by atoms with Gasteiger partial charge in [0, 0.05) is 12.8 Å². The van der Waals surface area contributed by atoms with Gasteiger partial charge in [-0.2, -0.15) is 0 Å². The van der Waals surface area contributed by atoms with E-state index in [1.807, 2.05) is 0 Å². The van der Waals surface area contributed by atoms with Gasteiger partial charge in [-0.05, 0) is 12.8 Å². The number of esters is 2. The summed E-state index contributed by atoms with van der Waals surface area (Å²) in [5.74, 6) is -2.05. The second-order valence-electron chi connectivity index (χ2n) is 3.71. The fourth-order valence-electron chi connectivity index (χ4n) is 1.30. The Balaban J connectivity index is -0.00000128. The van der Waals surface area contributed by atoms with E-state index in [-0.39, 0.29) is 72.2 Å². The number of carbonyl (C=O) groups is 3. The molecule has 0 saturated carbocycles. The molecular formula is C11H20KNO5. The molecule has 0 bridgehead atoms. The molecule has 0 aliphatic carbocycles. The summed E-state index contributed by atoms with van der Waals surface area (Å²) in [4.78, 5) is 31.9. The van der Waals surface area contributed by atoms with E-state index in [2.05, 4.69) is 4.74 Å². The van der Waals surface area contributed by atoms with E-state index >= 15 is 0 Å². The van der Waals surface area contributed by atoms with Crippen molar-refractivity contribution in [2.24, 2.45) is 5.73 Å². The van der Waals surface area contributed by atoms with Crippen LogP contribution >= 0.6 is 0 Å². The van der Waals surface area contributed by atoms with Gasteiger partial charge in [0.2, 0.25) is 0 Å². The van der Waals surface area contributed by atoms with Gasteiger partial charge in [0.1, 0.15) is 0 Å². The van der Waals surface area contributed by atoms with E-state index in [1.54, 1.807) is 0 Å². The van der Waals surface area contributed by atoms with Crippen LogP contribution in [0.15, 0.2) is 0 Å². The average Bonchev–Trinajstić information content (AvgIpc) is 2.27. The summed E-state index contributed by atoms with van der Waals surface area (Å²) in [7, 11) is 0. The van der Waals surface area contributed by atoms with Crippen LogP contribution in [0.25, 0.3) is 0 Å². The van der Waals surface area contributed by atoms with Crippen LogP contribution in [0.4, 0.5) is 0 Å². The quantitative estimate of drug-likeness (QED) is 0.218. The number of hydrogen-bond acceptors (Lipinski definition) is 5. The maximum atomic E-state index is 11.0. The third-order valence-corrected chi connectivity index (χ3v) is 2.17. The predicted octanol–water partition coefficient (Wildman–Crippen LogP) is -2.05. The Bertz CT molecular complexity index is 276. The smallest absolute Gasteiger partial charge is 1.00 e. The fraction of sp³-hybridized carbons (Fsp3) is 0.727. The van der Waals surface area contributed by atoms with Crippen molar-refractivity contribution in [2.75, 3.05) is 6.54 Å². The molecule has 6 nitrogen and oxygen atoms in total. The van der Waals surface area contributed by atoms with Crippen LogP contribution in [0, 0.1) is 0 Å². The third-order valence-electron chi connectivity index (χ3n) is 2.17. The first kappa shape index (κ1) is 20.5. The van der Waals surface area contributed by atoms with Crippen molar-refractivity contribution in [3.05, 3.63) is 0 Å². The normalized spacial score (nSPS) is 9.39. The molecule has 0 amide bonds. The second-order valence-corrected chi connectivity index (χ2v) is 3.71. The number of carbonyl (C=O) groups excluding carboxylic acids is 2. The van der Waals surface area contributed by atoms with Gasteiger partial charge >= 0.3 is 69.3 Å². The first-order valence-electron chi connectivity index (χ1n) is 5.71. The van der Waals surface area contributed by atoms with E-state index in [4.69, 9.17) is 10.8 Å². The van der Waals surface area contributed by atoms with Gasteiger partial charge in [0.25, 0.3) is 0 Å². The molecule has 0 fully saturated rings. The van der Waals surface area contributed by atoms with Crippen molar-refractivity contribution >= 4 is 17.9 Å². The molecule has 0 unspecified atom stereocenters. The summed E-state index contributed by atoms with van der Waals surface area (Å²) in [6.45, 7) is -0.291. The van der Waals surface area contributed by atoms with Crippen LogP contribution in [-0.2, 0) is 19.1 Å². The summed E-state index contributed by atoms with van der Waals surface area (Å²) in [6, 6.07) is 0. The van der Waals surface area contributed by atoms with Crippen LogP contribution in [-0.4, -0.2) is 29.6 Å². The molecule has 0 rings (SSSR count). The number of aliphatic carboxylic acids is 1. The standard InChI is InChI=1S/C11H19NO5.K.H/c12-8-11(16)17-10(15)7-5-3-1-2-4-6-9(13)14;;/h1-8,12H2,(H,13,14);;/q;+1;-1. The minimum absolute atomic E-state index is 0. The Kier molecular flexibility index (Phi) is 15.5. The van der Waals surface area contributed by atoms with Crippen LogP contribution < -0.4 is 57.1 Å². The van der Waals surface area contributed by atoms with Crippen molar-refractivity contribution in [1.82, 2.24) is 0 Å². The van der Waals surface area contributed by atoms with Gasteiger partial charge in [-0.25, -0.2) is 0 Å². The Morgan fingerprint density at radius 3 is 1.94 bits per heavy atom. The minimum Gasteiger partial charge on any atom is -1.00 e. The summed E-state index contributed by atoms with van der Waals surface area (Å²) < 4.78 is 4.38. The molecule has 0 heterocycles. The molecule has 100 valence electrons. The van der Waals surface area contributed by atoms with E-state index in [0.29, 0.717) is 12.8 Å². The zero-order valence-electron chi connectivity index (χ0n) is 11.8. The predicted molar refractivity (Wildman–Crippen MR) is 61.2 cm³/mol. The van der Waals surface area contributed by atoms with Crippen molar-refractivity contribution in [3.63, 3.8) is 0 Å².